The van der Waals surface area contributed by atoms with Crippen LogP contribution in [0.2, 0.25) is 0 Å². The summed E-state index contributed by atoms with van der Waals surface area (Å²) in [6, 6.07) is 0. The van der Waals surface area contributed by atoms with Crippen LogP contribution in [0.4, 0.5) is 0 Å². The minimum atomic E-state index is 0.251. The van der Waals surface area contributed by atoms with E-state index in [0.717, 1.165) is 26.1 Å². The molecule has 0 saturated carbocycles. The molecule has 2 rings (SSSR count). The van der Waals surface area contributed by atoms with Crippen LogP contribution in [0.5, 0.6) is 0 Å². The fourth-order valence-corrected chi connectivity index (χ4v) is 1.86. The quantitative estimate of drug-likeness (QED) is 0.469. The molecule has 2 saturated heterocycles. The predicted octanol–water partition coefficient (Wildman–Crippen LogP) is -0.658. The van der Waals surface area contributed by atoms with Crippen molar-refractivity contribution >= 4 is 5.91 Å². The number of piperidine rings is 1. The van der Waals surface area contributed by atoms with Gasteiger partial charge in [-0.05, 0) is 18.9 Å². The number of hydrogen-bond acceptors (Lipinski definition) is 2. The molecule has 0 spiro atoms. The van der Waals surface area contributed by atoms with Gasteiger partial charge >= 0.3 is 0 Å². The van der Waals surface area contributed by atoms with Gasteiger partial charge in [-0.3, -0.25) is 4.79 Å². The first-order chi connectivity index (χ1) is 4.88. The summed E-state index contributed by atoms with van der Waals surface area (Å²) in [6.45, 7) is 2.80. The molecule has 0 aliphatic carbocycles. The van der Waals surface area contributed by atoms with E-state index >= 15 is 0 Å². The molecule has 56 valence electrons. The summed E-state index contributed by atoms with van der Waals surface area (Å²) in [5, 5.41) is 6.11. The molecule has 0 aromatic rings. The molecule has 2 fully saturated rings. The third-order valence-corrected chi connectivity index (χ3v) is 2.49. The van der Waals surface area contributed by atoms with Gasteiger partial charge in [0.25, 0.3) is 0 Å². The summed E-state index contributed by atoms with van der Waals surface area (Å²) < 4.78 is 0. The number of nitrogens with one attached hydrogen (secondary N) is 2. The Bertz CT molecular complexity index is 158. The van der Waals surface area contributed by atoms with Crippen LogP contribution < -0.4 is 10.6 Å². The highest BCUT2D eigenvalue weighted by atomic mass is 16.2. The second-order valence-corrected chi connectivity index (χ2v) is 3.10. The lowest BCUT2D eigenvalue weighted by atomic mass is 9.89. The predicted molar refractivity (Wildman–Crippen MR) is 37.5 cm³/mol. The third kappa shape index (κ3) is 0.814. The lowest BCUT2D eigenvalue weighted by molar-refractivity contribution is -0.127. The molecule has 10 heavy (non-hydrogen) atoms. The molecule has 3 heteroatoms. The van der Waals surface area contributed by atoms with Gasteiger partial charge in [0, 0.05) is 13.1 Å². The Labute approximate surface area is 60.2 Å². The Balaban J connectivity index is 2.10. The van der Waals surface area contributed by atoms with E-state index < -0.39 is 0 Å². The number of hydrogen-bond donors (Lipinski definition) is 2. The molecule has 2 heterocycles. The summed E-state index contributed by atoms with van der Waals surface area (Å²) >= 11 is 0. The zero-order chi connectivity index (χ0) is 6.97. The van der Waals surface area contributed by atoms with Gasteiger partial charge < -0.3 is 10.6 Å². The maximum Gasteiger partial charge on any atom is 0.224 e. The molecule has 1 amide bonds. The van der Waals surface area contributed by atoms with Gasteiger partial charge in [-0.15, -0.1) is 0 Å². The summed E-state index contributed by atoms with van der Waals surface area (Å²) in [5.41, 5.74) is 0. The normalized spacial score (nSPS) is 39.0. The number of amides is 1. The van der Waals surface area contributed by atoms with Crippen LogP contribution in [0.15, 0.2) is 0 Å². The van der Waals surface area contributed by atoms with Crippen LogP contribution in [-0.2, 0) is 4.79 Å². The fraction of sp³-hybridized carbons (Fsp3) is 0.857. The first-order valence-electron chi connectivity index (χ1n) is 3.86. The zero-order valence-corrected chi connectivity index (χ0v) is 5.89. The molecule has 3 nitrogen and oxygen atoms in total. The molecule has 0 unspecified atom stereocenters. The van der Waals surface area contributed by atoms with Crippen LogP contribution in [0.3, 0.4) is 0 Å². The van der Waals surface area contributed by atoms with E-state index in [-0.39, 0.29) is 11.8 Å². The Morgan fingerprint density at radius 3 is 3.10 bits per heavy atom. The van der Waals surface area contributed by atoms with Gasteiger partial charge in [0.1, 0.15) is 0 Å². The topological polar surface area (TPSA) is 41.1 Å². The largest absolute Gasteiger partial charge is 0.356 e. The molecule has 0 aromatic heterocycles. The van der Waals surface area contributed by atoms with Crippen molar-refractivity contribution in [1.29, 1.82) is 0 Å². The van der Waals surface area contributed by atoms with E-state index in [1.807, 2.05) is 0 Å². The molecule has 0 radical (unpaired) electrons. The lowest BCUT2D eigenvalue weighted by Gasteiger charge is -2.23. The van der Waals surface area contributed by atoms with Crippen molar-refractivity contribution < 1.29 is 4.79 Å². The average molecular weight is 140 g/mol. The summed E-state index contributed by atoms with van der Waals surface area (Å²) in [6.07, 6.45) is 1.16. The van der Waals surface area contributed by atoms with Crippen LogP contribution in [0.1, 0.15) is 6.42 Å². The van der Waals surface area contributed by atoms with Crippen molar-refractivity contribution in [2.24, 2.45) is 11.8 Å². The van der Waals surface area contributed by atoms with E-state index in [0.29, 0.717) is 5.92 Å². The average Bonchev–Trinajstić information content (AvgIpc) is 2.36. The van der Waals surface area contributed by atoms with Crippen LogP contribution >= 0.6 is 0 Å². The van der Waals surface area contributed by atoms with Gasteiger partial charge in [0.2, 0.25) is 5.91 Å². The molecule has 2 aliphatic rings. The summed E-state index contributed by atoms with van der Waals surface area (Å²) in [4.78, 5) is 11.1. The smallest absolute Gasteiger partial charge is 0.224 e. The molecular formula is C7H12N2O. The van der Waals surface area contributed by atoms with E-state index in [2.05, 4.69) is 10.6 Å². The molecular weight excluding hydrogens is 128 g/mol. The minimum Gasteiger partial charge on any atom is -0.356 e. The third-order valence-electron chi connectivity index (χ3n) is 2.49. The second-order valence-electron chi connectivity index (χ2n) is 3.10. The van der Waals surface area contributed by atoms with E-state index in [9.17, 15) is 4.79 Å². The van der Waals surface area contributed by atoms with Crippen molar-refractivity contribution in [2.45, 2.75) is 6.42 Å². The number of carbonyl (C=O) groups excluding carboxylic acids is 1. The molecule has 2 atom stereocenters. The van der Waals surface area contributed by atoms with Crippen molar-refractivity contribution in [2.75, 3.05) is 19.6 Å². The van der Waals surface area contributed by atoms with Crippen molar-refractivity contribution in [3.63, 3.8) is 0 Å². The molecule has 0 bridgehead atoms. The van der Waals surface area contributed by atoms with E-state index in [1.165, 1.54) is 0 Å². The molecule has 2 N–H and O–H groups in total. The maximum atomic E-state index is 11.1. The van der Waals surface area contributed by atoms with Crippen molar-refractivity contribution in [3.05, 3.63) is 0 Å². The Hall–Kier alpha value is -0.570. The minimum absolute atomic E-state index is 0.251. The van der Waals surface area contributed by atoms with Crippen LogP contribution in [0.25, 0.3) is 0 Å². The van der Waals surface area contributed by atoms with Crippen LogP contribution in [0, 0.1) is 11.8 Å². The number of carbonyl (C=O) groups is 1. The first-order valence-corrected chi connectivity index (χ1v) is 3.86. The van der Waals surface area contributed by atoms with Gasteiger partial charge in [0.15, 0.2) is 0 Å². The lowest BCUT2D eigenvalue weighted by Crippen LogP contribution is -2.41. The van der Waals surface area contributed by atoms with Gasteiger partial charge in [-0.2, -0.15) is 0 Å². The van der Waals surface area contributed by atoms with Crippen LogP contribution in [-0.4, -0.2) is 25.5 Å². The summed E-state index contributed by atoms with van der Waals surface area (Å²) in [5.74, 6) is 1.14. The number of fused-ring (bicyclic) bond motifs is 1. The zero-order valence-electron chi connectivity index (χ0n) is 5.89. The highest BCUT2D eigenvalue weighted by Gasteiger charge is 2.35. The van der Waals surface area contributed by atoms with E-state index in [1.54, 1.807) is 0 Å². The summed E-state index contributed by atoms with van der Waals surface area (Å²) in [7, 11) is 0. The monoisotopic (exact) mass is 140 g/mol. The van der Waals surface area contributed by atoms with Gasteiger partial charge in [-0.1, -0.05) is 0 Å². The highest BCUT2D eigenvalue weighted by Crippen LogP contribution is 2.22. The first kappa shape index (κ1) is 6.16. The standard InChI is InChI=1S/C7H12N2O/c10-7-6-4-8-3-5(6)1-2-9-7/h5-6,8H,1-4H2,(H,9,10)/t5-,6+/m1/s1. The van der Waals surface area contributed by atoms with Gasteiger partial charge in [-0.25, -0.2) is 0 Å². The SMILES string of the molecule is O=C1NCC[C@@H]2CNC[C@H]12. The van der Waals surface area contributed by atoms with Crippen molar-refractivity contribution in [3.8, 4) is 0 Å². The Morgan fingerprint density at radius 2 is 2.30 bits per heavy atom. The molecule has 2 aliphatic heterocycles. The highest BCUT2D eigenvalue weighted by molar-refractivity contribution is 5.80. The number of rotatable bonds is 0. The van der Waals surface area contributed by atoms with E-state index in [4.69, 9.17) is 0 Å². The second kappa shape index (κ2) is 2.23. The van der Waals surface area contributed by atoms with Crippen molar-refractivity contribution in [1.82, 2.24) is 10.6 Å². The van der Waals surface area contributed by atoms with Gasteiger partial charge in [0.05, 0.1) is 5.92 Å². The Kier molecular flexibility index (Phi) is 1.38. The molecule has 0 aromatic carbocycles. The Morgan fingerprint density at radius 1 is 1.40 bits per heavy atom. The maximum absolute atomic E-state index is 11.1. The fourth-order valence-electron chi connectivity index (χ4n) is 1.86.